The lowest BCUT2D eigenvalue weighted by molar-refractivity contribution is 0.276. The molecule has 0 radical (unpaired) electrons. The summed E-state index contributed by atoms with van der Waals surface area (Å²) in [5.41, 5.74) is 8.54. The second-order valence-electron chi connectivity index (χ2n) is 7.30. The van der Waals surface area contributed by atoms with Gasteiger partial charge in [-0.1, -0.05) is 54.2 Å². The number of hydrogen-bond acceptors (Lipinski definition) is 3. The number of aliphatic imine (C=N–C) groups is 1. The first-order valence-corrected chi connectivity index (χ1v) is 9.04. The second kappa shape index (κ2) is 6.60. The van der Waals surface area contributed by atoms with Crippen molar-refractivity contribution in [1.29, 1.82) is 0 Å². The third-order valence-electron chi connectivity index (χ3n) is 5.48. The third kappa shape index (κ3) is 3.00. The van der Waals surface area contributed by atoms with Gasteiger partial charge in [0.1, 0.15) is 18.0 Å². The van der Waals surface area contributed by atoms with Crippen LogP contribution >= 0.6 is 0 Å². The number of ether oxygens (including phenoxy) is 1. The van der Waals surface area contributed by atoms with E-state index >= 15 is 0 Å². The van der Waals surface area contributed by atoms with Crippen molar-refractivity contribution in [3.63, 3.8) is 0 Å². The van der Waals surface area contributed by atoms with Gasteiger partial charge >= 0.3 is 0 Å². The van der Waals surface area contributed by atoms with E-state index in [0.717, 1.165) is 24.0 Å². The van der Waals surface area contributed by atoms with Gasteiger partial charge in [-0.25, -0.2) is 9.38 Å². The summed E-state index contributed by atoms with van der Waals surface area (Å²) in [5, 5.41) is 0. The molecular weight excluding hydrogens is 327 g/mol. The summed E-state index contributed by atoms with van der Waals surface area (Å²) in [7, 11) is 0. The first-order valence-electron chi connectivity index (χ1n) is 9.04. The fraction of sp³-hybridized carbons (Fsp3) is 0.318. The molecule has 0 aromatic heterocycles. The van der Waals surface area contributed by atoms with Crippen molar-refractivity contribution in [3.05, 3.63) is 83.2 Å². The molecule has 0 saturated heterocycles. The number of halogens is 1. The van der Waals surface area contributed by atoms with Gasteiger partial charge in [0.2, 0.25) is 0 Å². The highest BCUT2D eigenvalue weighted by Crippen LogP contribution is 2.42. The molecule has 4 rings (SSSR count). The number of benzene rings is 1. The number of nitrogens with two attached hydrogens (primary N) is 1. The molecule has 0 bridgehead atoms. The standard InChI is InChI=1S/C22H23FN2O/c1-15-4-2-5-16(12-15)17-6-3-7-19(13-17)22(14-26-21(24)25-22)18-8-10-20(23)11-9-18/h2-5,7-11,13,16-17H,6,12,14H2,1H3,(H2,24,25). The van der Waals surface area contributed by atoms with Gasteiger partial charge in [-0.3, -0.25) is 0 Å². The van der Waals surface area contributed by atoms with Gasteiger partial charge in [-0.05, 0) is 54.9 Å². The summed E-state index contributed by atoms with van der Waals surface area (Å²) >= 11 is 0. The molecule has 0 saturated carbocycles. The molecule has 3 atom stereocenters. The lowest BCUT2D eigenvalue weighted by atomic mass is 9.74. The van der Waals surface area contributed by atoms with Crippen molar-refractivity contribution in [2.75, 3.05) is 6.61 Å². The molecule has 1 aromatic carbocycles. The van der Waals surface area contributed by atoms with Crippen LogP contribution < -0.4 is 5.73 Å². The zero-order chi connectivity index (χ0) is 18.1. The molecule has 2 N–H and O–H groups in total. The summed E-state index contributed by atoms with van der Waals surface area (Å²) in [5.74, 6) is 0.624. The highest BCUT2D eigenvalue weighted by molar-refractivity contribution is 5.75. The maximum Gasteiger partial charge on any atom is 0.283 e. The lowest BCUT2D eigenvalue weighted by Crippen LogP contribution is -2.29. The minimum Gasteiger partial charge on any atom is -0.462 e. The number of allylic oxidation sites excluding steroid dienone is 6. The maximum atomic E-state index is 13.4. The zero-order valence-corrected chi connectivity index (χ0v) is 14.9. The first kappa shape index (κ1) is 16.8. The maximum absolute atomic E-state index is 13.4. The van der Waals surface area contributed by atoms with Crippen LogP contribution in [0.4, 0.5) is 4.39 Å². The normalized spacial score (nSPS) is 30.5. The van der Waals surface area contributed by atoms with Crippen LogP contribution in [-0.4, -0.2) is 12.6 Å². The smallest absolute Gasteiger partial charge is 0.283 e. The van der Waals surface area contributed by atoms with Crippen molar-refractivity contribution in [1.82, 2.24) is 0 Å². The molecule has 0 fully saturated rings. The van der Waals surface area contributed by atoms with Crippen LogP contribution in [0.3, 0.4) is 0 Å². The Labute approximate surface area is 153 Å². The number of rotatable bonds is 3. The fourth-order valence-corrected chi connectivity index (χ4v) is 4.06. The Kier molecular flexibility index (Phi) is 4.27. The van der Waals surface area contributed by atoms with Crippen LogP contribution in [0.25, 0.3) is 0 Å². The number of hydrogen-bond donors (Lipinski definition) is 1. The summed E-state index contributed by atoms with van der Waals surface area (Å²) in [6.07, 6.45) is 15.3. The van der Waals surface area contributed by atoms with E-state index in [4.69, 9.17) is 10.5 Å². The van der Waals surface area contributed by atoms with Gasteiger partial charge in [-0.2, -0.15) is 0 Å². The molecule has 0 spiro atoms. The Morgan fingerprint density at radius 3 is 2.73 bits per heavy atom. The SMILES string of the molecule is CC1=CC=CC(C2C=C(C3(c4ccc(F)cc4)COC(N)=N3)C=CC2)C1. The van der Waals surface area contributed by atoms with Crippen LogP contribution in [0.5, 0.6) is 0 Å². The molecular formula is C22H23FN2O. The van der Waals surface area contributed by atoms with E-state index in [-0.39, 0.29) is 11.8 Å². The van der Waals surface area contributed by atoms with E-state index in [2.05, 4.69) is 48.4 Å². The summed E-state index contributed by atoms with van der Waals surface area (Å²) in [6.45, 7) is 2.52. The van der Waals surface area contributed by atoms with Crippen LogP contribution in [0.2, 0.25) is 0 Å². The highest BCUT2D eigenvalue weighted by atomic mass is 19.1. The molecule has 4 heteroatoms. The van der Waals surface area contributed by atoms with Crippen molar-refractivity contribution in [2.24, 2.45) is 22.6 Å². The van der Waals surface area contributed by atoms with Crippen molar-refractivity contribution in [2.45, 2.75) is 25.3 Å². The van der Waals surface area contributed by atoms with E-state index < -0.39 is 5.54 Å². The van der Waals surface area contributed by atoms with Crippen molar-refractivity contribution >= 4 is 6.02 Å². The molecule has 3 nitrogen and oxygen atoms in total. The van der Waals surface area contributed by atoms with E-state index in [1.165, 1.54) is 17.7 Å². The van der Waals surface area contributed by atoms with Gasteiger partial charge in [0.05, 0.1) is 0 Å². The first-order chi connectivity index (χ1) is 12.6. The predicted molar refractivity (Wildman–Crippen MR) is 102 cm³/mol. The van der Waals surface area contributed by atoms with Crippen molar-refractivity contribution < 1.29 is 9.13 Å². The zero-order valence-electron chi connectivity index (χ0n) is 14.9. The molecule has 1 aliphatic heterocycles. The van der Waals surface area contributed by atoms with E-state index in [9.17, 15) is 4.39 Å². The quantitative estimate of drug-likeness (QED) is 0.879. The molecule has 26 heavy (non-hydrogen) atoms. The third-order valence-corrected chi connectivity index (χ3v) is 5.48. The molecule has 134 valence electrons. The molecule has 1 heterocycles. The summed E-state index contributed by atoms with van der Waals surface area (Å²) < 4.78 is 19.0. The molecule has 0 amide bonds. The molecule has 3 unspecified atom stereocenters. The second-order valence-corrected chi connectivity index (χ2v) is 7.30. The van der Waals surface area contributed by atoms with E-state index in [1.807, 2.05) is 0 Å². The predicted octanol–water partition coefficient (Wildman–Crippen LogP) is 4.39. The topological polar surface area (TPSA) is 47.6 Å². The number of amidine groups is 1. The van der Waals surface area contributed by atoms with Gasteiger partial charge in [0.15, 0.2) is 0 Å². The monoisotopic (exact) mass is 350 g/mol. The van der Waals surface area contributed by atoms with Crippen LogP contribution in [0, 0.1) is 17.7 Å². The Morgan fingerprint density at radius 1 is 1.23 bits per heavy atom. The van der Waals surface area contributed by atoms with Gasteiger partial charge in [0.25, 0.3) is 6.02 Å². The Balaban J connectivity index is 1.72. The largest absolute Gasteiger partial charge is 0.462 e. The lowest BCUT2D eigenvalue weighted by Gasteiger charge is -2.32. The van der Waals surface area contributed by atoms with Crippen molar-refractivity contribution in [3.8, 4) is 0 Å². The molecule has 1 aromatic rings. The fourth-order valence-electron chi connectivity index (χ4n) is 4.06. The number of nitrogens with zero attached hydrogens (tertiary/aromatic N) is 1. The van der Waals surface area contributed by atoms with Gasteiger partial charge in [-0.15, -0.1) is 0 Å². The van der Waals surface area contributed by atoms with Crippen LogP contribution in [-0.2, 0) is 10.3 Å². The van der Waals surface area contributed by atoms with Crippen LogP contribution in [0.1, 0.15) is 25.3 Å². The average molecular weight is 350 g/mol. The minimum atomic E-state index is -0.698. The van der Waals surface area contributed by atoms with Gasteiger partial charge in [0, 0.05) is 0 Å². The summed E-state index contributed by atoms with van der Waals surface area (Å²) in [4.78, 5) is 4.64. The Bertz CT molecular complexity index is 847. The summed E-state index contributed by atoms with van der Waals surface area (Å²) in [6, 6.07) is 6.65. The van der Waals surface area contributed by atoms with E-state index in [0.29, 0.717) is 18.4 Å². The van der Waals surface area contributed by atoms with E-state index in [1.54, 1.807) is 12.1 Å². The van der Waals surface area contributed by atoms with Gasteiger partial charge < -0.3 is 10.5 Å². The Morgan fingerprint density at radius 2 is 2.04 bits per heavy atom. The average Bonchev–Trinajstić information content (AvgIpc) is 3.05. The van der Waals surface area contributed by atoms with Crippen LogP contribution in [0.15, 0.2) is 76.9 Å². The highest BCUT2D eigenvalue weighted by Gasteiger charge is 2.42. The molecule has 2 aliphatic carbocycles. The molecule has 3 aliphatic rings. The Hall–Kier alpha value is -2.62. The minimum absolute atomic E-state index is 0.182.